The average Bonchev–Trinajstić information content (AvgIpc) is 3.49. The molecule has 0 aliphatic heterocycles. The number of nitrogens with zero attached hydrogens (tertiary/aromatic N) is 4. The van der Waals surface area contributed by atoms with Crippen molar-refractivity contribution in [3.8, 4) is 11.6 Å². The lowest BCUT2D eigenvalue weighted by Gasteiger charge is -2.18. The van der Waals surface area contributed by atoms with Crippen LogP contribution < -0.4 is 9.64 Å². The van der Waals surface area contributed by atoms with Crippen molar-refractivity contribution in [3.63, 3.8) is 0 Å². The Kier molecular flexibility index (Phi) is 7.22. The molecule has 0 bridgehead atoms. The van der Waals surface area contributed by atoms with Crippen LogP contribution in [0.4, 0.5) is 14.5 Å². The van der Waals surface area contributed by atoms with Gasteiger partial charge in [0.1, 0.15) is 17.1 Å². The highest BCUT2D eigenvalue weighted by Crippen LogP contribution is 2.36. The summed E-state index contributed by atoms with van der Waals surface area (Å²) in [6.45, 7) is 1.63. The number of hydrogen-bond donors (Lipinski definition) is 1. The Bertz CT molecular complexity index is 1730. The highest BCUT2D eigenvalue weighted by molar-refractivity contribution is 6.32. The van der Waals surface area contributed by atoms with E-state index in [-0.39, 0.29) is 40.2 Å². The van der Waals surface area contributed by atoms with Crippen molar-refractivity contribution >= 4 is 40.3 Å². The fourth-order valence-electron chi connectivity index (χ4n) is 4.05. The van der Waals surface area contributed by atoms with Gasteiger partial charge in [-0.2, -0.15) is 9.78 Å². The average molecular weight is 567 g/mol. The second kappa shape index (κ2) is 10.8. The smallest absolute Gasteiger partial charge is 0.335 e. The Morgan fingerprint density at radius 2 is 1.85 bits per heavy atom. The first-order valence-corrected chi connectivity index (χ1v) is 12.3. The minimum absolute atomic E-state index is 0.0918. The molecular formula is C28H21ClF2N4O5. The molecular weight excluding hydrogens is 546 g/mol. The van der Waals surface area contributed by atoms with E-state index in [0.717, 1.165) is 4.68 Å². The molecule has 204 valence electrons. The third-order valence-electron chi connectivity index (χ3n) is 6.10. The molecule has 3 aromatic carbocycles. The van der Waals surface area contributed by atoms with Gasteiger partial charge in [0.05, 0.1) is 11.3 Å². The quantitative estimate of drug-likeness (QED) is 0.229. The summed E-state index contributed by atoms with van der Waals surface area (Å²) < 4.78 is 39.8. The Morgan fingerprint density at radius 1 is 1.10 bits per heavy atom. The first-order chi connectivity index (χ1) is 19.1. The van der Waals surface area contributed by atoms with Gasteiger partial charge in [0.15, 0.2) is 17.2 Å². The minimum Gasteiger partial charge on any atom is -0.478 e. The van der Waals surface area contributed by atoms with E-state index >= 15 is 0 Å². The number of aromatic nitrogens is 3. The van der Waals surface area contributed by atoms with Crippen molar-refractivity contribution in [1.82, 2.24) is 14.8 Å². The van der Waals surface area contributed by atoms with Crippen LogP contribution in [-0.4, -0.2) is 38.8 Å². The SMILES string of the molecule is Cc1nc2ccc(N(C)C(=O)c3cccc(-n4nc(C(F)F)c(Cl)c4OCc4ccc(C(=O)O)cc4)c3)cc2o1. The maximum atomic E-state index is 13.7. The number of rotatable bonds is 8. The number of aromatic carboxylic acids is 1. The number of carboxylic acid groups (broad SMARTS) is 1. The Hall–Kier alpha value is -4.77. The molecule has 0 atom stereocenters. The summed E-state index contributed by atoms with van der Waals surface area (Å²) in [6, 6.07) is 17.3. The molecule has 0 aliphatic carbocycles. The highest BCUT2D eigenvalue weighted by atomic mass is 35.5. The predicted molar refractivity (Wildman–Crippen MR) is 143 cm³/mol. The van der Waals surface area contributed by atoms with E-state index in [1.54, 1.807) is 62.5 Å². The first kappa shape index (κ1) is 26.8. The van der Waals surface area contributed by atoms with E-state index in [4.69, 9.17) is 25.9 Å². The molecule has 12 heteroatoms. The van der Waals surface area contributed by atoms with Gasteiger partial charge < -0.3 is 19.2 Å². The second-order valence-corrected chi connectivity index (χ2v) is 9.18. The van der Waals surface area contributed by atoms with Gasteiger partial charge in [-0.05, 0) is 48.0 Å². The number of benzene rings is 3. The zero-order valence-electron chi connectivity index (χ0n) is 21.1. The summed E-state index contributed by atoms with van der Waals surface area (Å²) in [5, 5.41) is 12.7. The van der Waals surface area contributed by atoms with Gasteiger partial charge in [-0.15, -0.1) is 0 Å². The largest absolute Gasteiger partial charge is 0.478 e. The van der Waals surface area contributed by atoms with Crippen molar-refractivity contribution in [1.29, 1.82) is 0 Å². The number of halogens is 3. The van der Waals surface area contributed by atoms with Crippen LogP contribution in [0.15, 0.2) is 71.1 Å². The minimum atomic E-state index is -2.98. The standard InChI is InChI=1S/C28H21ClF2N4O5/c1-15-32-21-11-10-19(13-22(21)40-15)34(2)26(36)18-4-3-5-20(12-18)35-27(23(29)24(33-35)25(30)31)39-14-16-6-8-17(9-7-16)28(37)38/h3-13,25H,14H2,1-2H3,(H,37,38). The lowest BCUT2D eigenvalue weighted by molar-refractivity contribution is 0.0696. The van der Waals surface area contributed by atoms with E-state index < -0.39 is 18.1 Å². The van der Waals surface area contributed by atoms with Crippen molar-refractivity contribution in [2.45, 2.75) is 20.0 Å². The summed E-state index contributed by atoms with van der Waals surface area (Å²) in [5.41, 5.74) is 2.29. The molecule has 0 aliphatic rings. The number of carbonyl (C=O) groups is 2. The highest BCUT2D eigenvalue weighted by Gasteiger charge is 2.26. The third-order valence-corrected chi connectivity index (χ3v) is 6.46. The van der Waals surface area contributed by atoms with E-state index in [9.17, 15) is 18.4 Å². The number of carbonyl (C=O) groups excluding carboxylic acids is 1. The number of alkyl halides is 2. The third kappa shape index (κ3) is 5.23. The summed E-state index contributed by atoms with van der Waals surface area (Å²) in [6.07, 6.45) is -2.98. The van der Waals surface area contributed by atoms with Gasteiger partial charge in [-0.25, -0.2) is 18.6 Å². The maximum Gasteiger partial charge on any atom is 0.335 e. The monoisotopic (exact) mass is 566 g/mol. The van der Waals surface area contributed by atoms with Crippen LogP contribution in [0.5, 0.6) is 5.88 Å². The Labute approximate surface area is 231 Å². The van der Waals surface area contributed by atoms with Crippen LogP contribution in [0, 0.1) is 6.92 Å². The number of oxazole rings is 1. The topological polar surface area (TPSA) is 111 Å². The molecule has 0 spiro atoms. The predicted octanol–water partition coefficient (Wildman–Crippen LogP) is 6.47. The lowest BCUT2D eigenvalue weighted by Crippen LogP contribution is -2.26. The fourth-order valence-corrected chi connectivity index (χ4v) is 4.31. The number of hydrogen-bond acceptors (Lipinski definition) is 6. The first-order valence-electron chi connectivity index (χ1n) is 11.9. The molecule has 5 aromatic rings. The van der Waals surface area contributed by atoms with Gasteiger partial charge in [0.25, 0.3) is 12.3 Å². The number of anilines is 1. The Morgan fingerprint density at radius 3 is 2.55 bits per heavy atom. The number of ether oxygens (including phenoxy) is 1. The van der Waals surface area contributed by atoms with E-state index in [0.29, 0.717) is 28.2 Å². The summed E-state index contributed by atoms with van der Waals surface area (Å²) >= 11 is 6.23. The lowest BCUT2D eigenvalue weighted by atomic mass is 10.1. The van der Waals surface area contributed by atoms with Gasteiger partial charge >= 0.3 is 5.97 Å². The Balaban J connectivity index is 1.44. The molecule has 0 saturated heterocycles. The molecule has 1 amide bonds. The molecule has 2 heterocycles. The van der Waals surface area contributed by atoms with Crippen molar-refractivity contribution in [2.24, 2.45) is 0 Å². The van der Waals surface area contributed by atoms with Crippen LogP contribution in [0.3, 0.4) is 0 Å². The van der Waals surface area contributed by atoms with Gasteiger partial charge in [-0.1, -0.05) is 29.8 Å². The molecule has 0 fully saturated rings. The van der Waals surface area contributed by atoms with Crippen LogP contribution in [0.2, 0.25) is 5.02 Å². The normalized spacial score (nSPS) is 11.2. The van der Waals surface area contributed by atoms with Gasteiger partial charge in [0.2, 0.25) is 5.88 Å². The molecule has 9 nitrogen and oxygen atoms in total. The van der Waals surface area contributed by atoms with Crippen molar-refractivity contribution < 1.29 is 32.6 Å². The van der Waals surface area contributed by atoms with Crippen LogP contribution in [0.1, 0.15) is 44.3 Å². The molecule has 0 unspecified atom stereocenters. The summed E-state index contributed by atoms with van der Waals surface area (Å²) in [7, 11) is 1.60. The molecule has 0 radical (unpaired) electrons. The van der Waals surface area contributed by atoms with Crippen LogP contribution in [-0.2, 0) is 6.61 Å². The molecule has 1 N–H and O–H groups in total. The summed E-state index contributed by atoms with van der Waals surface area (Å²) in [4.78, 5) is 30.1. The van der Waals surface area contributed by atoms with E-state index in [1.807, 2.05) is 0 Å². The van der Waals surface area contributed by atoms with Crippen LogP contribution in [0.25, 0.3) is 16.8 Å². The van der Waals surface area contributed by atoms with Crippen molar-refractivity contribution in [2.75, 3.05) is 11.9 Å². The number of fused-ring (bicyclic) bond motifs is 1. The number of aryl methyl sites for hydroxylation is 1. The van der Waals surface area contributed by atoms with Gasteiger partial charge in [-0.3, -0.25) is 4.79 Å². The van der Waals surface area contributed by atoms with Gasteiger partial charge in [0, 0.05) is 31.3 Å². The molecule has 0 saturated carbocycles. The van der Waals surface area contributed by atoms with Crippen LogP contribution >= 0.6 is 11.6 Å². The van der Waals surface area contributed by atoms with E-state index in [1.165, 1.54) is 23.1 Å². The summed E-state index contributed by atoms with van der Waals surface area (Å²) in [5.74, 6) is -1.09. The van der Waals surface area contributed by atoms with Crippen molar-refractivity contribution in [3.05, 3.63) is 100 Å². The second-order valence-electron chi connectivity index (χ2n) is 8.81. The fraction of sp³-hybridized carbons (Fsp3) is 0.143. The number of carboxylic acids is 1. The maximum absolute atomic E-state index is 13.7. The number of amides is 1. The molecule has 40 heavy (non-hydrogen) atoms. The zero-order chi connectivity index (χ0) is 28.6. The molecule has 2 aromatic heterocycles. The zero-order valence-corrected chi connectivity index (χ0v) is 21.9. The van der Waals surface area contributed by atoms with E-state index in [2.05, 4.69) is 10.1 Å². The molecule has 5 rings (SSSR count).